The topological polar surface area (TPSA) is 8.81 Å². The highest BCUT2D eigenvalue weighted by atomic mass is 15.4. The minimum Gasteiger partial charge on any atom is -0.153 e. The van der Waals surface area contributed by atoms with Gasteiger partial charge in [0.2, 0.25) is 5.69 Å². The molecule has 0 spiro atoms. The third-order valence-corrected chi connectivity index (χ3v) is 3.38. The van der Waals surface area contributed by atoms with E-state index in [1.54, 1.807) is 0 Å². The van der Waals surface area contributed by atoms with Gasteiger partial charge in [0.1, 0.15) is 5.69 Å². The maximum atomic E-state index is 2.42. The van der Waals surface area contributed by atoms with Crippen LogP contribution in [0.4, 0.5) is 0 Å². The SMILES string of the molecule is Cc1cc(-c2ccccc2)n2[n+]1CCCC2. The van der Waals surface area contributed by atoms with Crippen LogP contribution in [-0.4, -0.2) is 4.68 Å². The van der Waals surface area contributed by atoms with Crippen molar-refractivity contribution in [1.29, 1.82) is 0 Å². The van der Waals surface area contributed by atoms with Gasteiger partial charge in [-0.2, -0.15) is 4.68 Å². The quantitative estimate of drug-likeness (QED) is 0.644. The van der Waals surface area contributed by atoms with Crippen LogP contribution >= 0.6 is 0 Å². The molecule has 2 aromatic rings. The van der Waals surface area contributed by atoms with Crippen LogP contribution in [0.1, 0.15) is 18.5 Å². The molecule has 2 heteroatoms. The summed E-state index contributed by atoms with van der Waals surface area (Å²) in [6, 6.07) is 13.0. The van der Waals surface area contributed by atoms with E-state index in [0.717, 1.165) is 6.54 Å². The molecule has 3 rings (SSSR count). The van der Waals surface area contributed by atoms with Crippen molar-refractivity contribution in [2.24, 2.45) is 0 Å². The van der Waals surface area contributed by atoms with Crippen molar-refractivity contribution < 1.29 is 4.68 Å². The standard InChI is InChI=1S/C14H17N2/c1-12-11-14(13-7-3-2-4-8-13)16-10-6-5-9-15(12)16/h2-4,7-8,11H,5-6,9-10H2,1H3/q+1. The molecule has 2 nitrogen and oxygen atoms in total. The van der Waals surface area contributed by atoms with E-state index in [-0.39, 0.29) is 0 Å². The molecule has 0 amide bonds. The van der Waals surface area contributed by atoms with Crippen molar-refractivity contribution in [2.75, 3.05) is 0 Å². The second kappa shape index (κ2) is 3.78. The Balaban J connectivity index is 2.15. The van der Waals surface area contributed by atoms with Crippen LogP contribution in [-0.2, 0) is 13.1 Å². The number of hydrogen-bond acceptors (Lipinski definition) is 0. The second-order valence-electron chi connectivity index (χ2n) is 4.49. The molecule has 1 aliphatic rings. The van der Waals surface area contributed by atoms with Gasteiger partial charge in [-0.1, -0.05) is 30.3 Å². The van der Waals surface area contributed by atoms with E-state index in [4.69, 9.17) is 0 Å². The molecule has 0 saturated heterocycles. The fraction of sp³-hybridized carbons (Fsp3) is 0.357. The Morgan fingerprint density at radius 2 is 1.94 bits per heavy atom. The number of rotatable bonds is 1. The fourth-order valence-electron chi connectivity index (χ4n) is 2.57. The van der Waals surface area contributed by atoms with Crippen LogP contribution in [0.15, 0.2) is 36.4 Å². The van der Waals surface area contributed by atoms with E-state index in [1.165, 1.54) is 36.3 Å². The first-order valence-electron chi connectivity index (χ1n) is 6.02. The first-order valence-corrected chi connectivity index (χ1v) is 6.02. The van der Waals surface area contributed by atoms with Crippen molar-refractivity contribution in [3.63, 3.8) is 0 Å². The maximum Gasteiger partial charge on any atom is 0.205 e. The lowest BCUT2D eigenvalue weighted by atomic mass is 10.1. The van der Waals surface area contributed by atoms with Crippen molar-refractivity contribution in [2.45, 2.75) is 32.9 Å². The molecule has 0 bridgehead atoms. The first kappa shape index (κ1) is 9.64. The van der Waals surface area contributed by atoms with E-state index >= 15 is 0 Å². The highest BCUT2D eigenvalue weighted by molar-refractivity contribution is 5.58. The maximum absolute atomic E-state index is 2.42. The molecular weight excluding hydrogens is 196 g/mol. The minimum absolute atomic E-state index is 1.15. The molecule has 0 N–H and O–H groups in total. The summed E-state index contributed by atoms with van der Waals surface area (Å²) in [6.45, 7) is 4.52. The Morgan fingerprint density at radius 1 is 1.12 bits per heavy atom. The number of nitrogens with zero attached hydrogens (tertiary/aromatic N) is 2. The molecule has 1 aliphatic heterocycles. The average Bonchev–Trinajstić information content (AvgIpc) is 2.69. The van der Waals surface area contributed by atoms with Gasteiger partial charge in [0, 0.05) is 25.0 Å². The largest absolute Gasteiger partial charge is 0.205 e. The average molecular weight is 213 g/mol. The monoisotopic (exact) mass is 213 g/mol. The van der Waals surface area contributed by atoms with Crippen LogP contribution in [0, 0.1) is 6.92 Å². The van der Waals surface area contributed by atoms with Gasteiger partial charge in [0.05, 0.1) is 6.54 Å². The minimum atomic E-state index is 1.15. The summed E-state index contributed by atoms with van der Waals surface area (Å²) in [5, 5.41) is 0. The van der Waals surface area contributed by atoms with E-state index in [9.17, 15) is 0 Å². The molecule has 2 heterocycles. The molecule has 16 heavy (non-hydrogen) atoms. The van der Waals surface area contributed by atoms with Gasteiger partial charge in [-0.15, -0.1) is 4.68 Å². The van der Waals surface area contributed by atoms with Crippen molar-refractivity contribution in [1.82, 2.24) is 4.68 Å². The molecule has 0 atom stereocenters. The van der Waals surface area contributed by atoms with Gasteiger partial charge in [-0.05, 0) is 6.42 Å². The molecule has 0 saturated carbocycles. The Hall–Kier alpha value is -1.57. The van der Waals surface area contributed by atoms with Crippen LogP contribution < -0.4 is 4.68 Å². The molecule has 0 aliphatic carbocycles. The molecule has 1 aromatic carbocycles. The lowest BCUT2D eigenvalue weighted by Crippen LogP contribution is -2.48. The van der Waals surface area contributed by atoms with Crippen LogP contribution in [0.3, 0.4) is 0 Å². The summed E-state index contributed by atoms with van der Waals surface area (Å²) in [5.41, 5.74) is 4.06. The lowest BCUT2D eigenvalue weighted by molar-refractivity contribution is -0.785. The summed E-state index contributed by atoms with van der Waals surface area (Å²) < 4.78 is 4.83. The Morgan fingerprint density at radius 3 is 2.75 bits per heavy atom. The molecule has 1 aromatic heterocycles. The van der Waals surface area contributed by atoms with Crippen LogP contribution in [0.25, 0.3) is 11.3 Å². The van der Waals surface area contributed by atoms with Gasteiger partial charge in [-0.25, -0.2) is 0 Å². The third kappa shape index (κ3) is 1.45. The zero-order valence-corrected chi connectivity index (χ0v) is 9.69. The van der Waals surface area contributed by atoms with Gasteiger partial charge < -0.3 is 0 Å². The number of fused-ring (bicyclic) bond motifs is 1. The summed E-state index contributed by atoms with van der Waals surface area (Å²) in [5.74, 6) is 0. The van der Waals surface area contributed by atoms with Crippen molar-refractivity contribution >= 4 is 0 Å². The van der Waals surface area contributed by atoms with E-state index in [0.29, 0.717) is 0 Å². The number of hydrogen-bond donors (Lipinski definition) is 0. The second-order valence-corrected chi connectivity index (χ2v) is 4.49. The molecule has 0 unspecified atom stereocenters. The summed E-state index contributed by atoms with van der Waals surface area (Å²) in [7, 11) is 0. The normalized spacial score (nSPS) is 14.8. The van der Waals surface area contributed by atoms with E-state index in [2.05, 4.69) is 52.7 Å². The Kier molecular flexibility index (Phi) is 2.28. The summed E-state index contributed by atoms with van der Waals surface area (Å²) in [4.78, 5) is 0. The van der Waals surface area contributed by atoms with Crippen molar-refractivity contribution in [3.05, 3.63) is 42.1 Å². The Bertz CT molecular complexity index is 497. The predicted octanol–water partition coefficient (Wildman–Crippen LogP) is 2.54. The van der Waals surface area contributed by atoms with Crippen LogP contribution in [0.2, 0.25) is 0 Å². The zero-order chi connectivity index (χ0) is 11.0. The van der Waals surface area contributed by atoms with Gasteiger partial charge in [0.25, 0.3) is 0 Å². The van der Waals surface area contributed by atoms with E-state index < -0.39 is 0 Å². The van der Waals surface area contributed by atoms with Gasteiger partial charge in [-0.3, -0.25) is 0 Å². The number of benzene rings is 1. The summed E-state index contributed by atoms with van der Waals surface area (Å²) >= 11 is 0. The summed E-state index contributed by atoms with van der Waals surface area (Å²) in [6.07, 6.45) is 2.61. The molecular formula is C14H17N2+. The van der Waals surface area contributed by atoms with Crippen molar-refractivity contribution in [3.8, 4) is 11.3 Å². The predicted molar refractivity (Wildman–Crippen MR) is 64.0 cm³/mol. The highest BCUT2D eigenvalue weighted by Crippen LogP contribution is 2.21. The number of aromatic nitrogens is 2. The number of aryl methyl sites for hydroxylation is 1. The Labute approximate surface area is 96.1 Å². The molecule has 0 fully saturated rings. The van der Waals surface area contributed by atoms with E-state index in [1.807, 2.05) is 0 Å². The fourth-order valence-corrected chi connectivity index (χ4v) is 2.57. The van der Waals surface area contributed by atoms with Crippen LogP contribution in [0.5, 0.6) is 0 Å². The molecule has 82 valence electrons. The van der Waals surface area contributed by atoms with Gasteiger partial charge >= 0.3 is 0 Å². The van der Waals surface area contributed by atoms with Gasteiger partial charge in [0.15, 0.2) is 6.54 Å². The lowest BCUT2D eigenvalue weighted by Gasteiger charge is -2.12. The third-order valence-electron chi connectivity index (χ3n) is 3.38. The smallest absolute Gasteiger partial charge is 0.153 e. The highest BCUT2D eigenvalue weighted by Gasteiger charge is 2.23. The molecule has 0 radical (unpaired) electrons. The first-order chi connectivity index (χ1) is 7.86. The zero-order valence-electron chi connectivity index (χ0n) is 9.69.